The lowest BCUT2D eigenvalue weighted by atomic mass is 10.3. The smallest absolute Gasteiger partial charge is 0.387 e. The minimum absolute atomic E-state index is 0.0153. The summed E-state index contributed by atoms with van der Waals surface area (Å²) < 4.78 is 36.7. The fourth-order valence-corrected chi connectivity index (χ4v) is 3.82. The minimum atomic E-state index is -2.92. The molecule has 0 bridgehead atoms. The zero-order valence-corrected chi connectivity index (χ0v) is 17.7. The number of anilines is 1. The molecule has 4 aromatic rings. The van der Waals surface area contributed by atoms with Crippen molar-refractivity contribution in [2.75, 3.05) is 5.32 Å². The van der Waals surface area contributed by atoms with Gasteiger partial charge in [-0.1, -0.05) is 40.6 Å². The molecule has 31 heavy (non-hydrogen) atoms. The van der Waals surface area contributed by atoms with Gasteiger partial charge >= 0.3 is 6.61 Å². The highest BCUT2D eigenvalue weighted by Crippen LogP contribution is 2.32. The van der Waals surface area contributed by atoms with Crippen molar-refractivity contribution in [2.24, 2.45) is 0 Å². The van der Waals surface area contributed by atoms with Gasteiger partial charge in [0.05, 0.1) is 15.2 Å². The third-order valence-electron chi connectivity index (χ3n) is 3.95. The number of carbonyl (C=O) groups excluding carboxylic acids is 1. The maximum atomic E-state index is 12.5. The average molecular weight is 485 g/mol. The molecule has 7 nitrogen and oxygen atoms in total. The number of halogens is 4. The topological polar surface area (TPSA) is 78.3 Å². The van der Waals surface area contributed by atoms with Gasteiger partial charge in [-0.25, -0.2) is 9.67 Å². The monoisotopic (exact) mass is 484 g/mol. The van der Waals surface area contributed by atoms with Gasteiger partial charge in [0.1, 0.15) is 16.5 Å². The van der Waals surface area contributed by atoms with Crippen molar-refractivity contribution in [1.82, 2.24) is 14.8 Å². The van der Waals surface area contributed by atoms with Crippen LogP contribution in [-0.4, -0.2) is 27.3 Å². The van der Waals surface area contributed by atoms with Crippen LogP contribution in [0, 0.1) is 0 Å². The predicted octanol–water partition coefficient (Wildman–Crippen LogP) is 5.69. The van der Waals surface area contributed by atoms with Crippen LogP contribution in [0.15, 0.2) is 48.7 Å². The van der Waals surface area contributed by atoms with Crippen LogP contribution >= 0.6 is 34.5 Å². The van der Waals surface area contributed by atoms with E-state index in [1.807, 2.05) is 0 Å². The van der Waals surface area contributed by atoms with Crippen molar-refractivity contribution in [3.05, 3.63) is 64.4 Å². The molecule has 4 rings (SSSR count). The number of amides is 1. The standard InChI is InChI=1S/C19H12Cl2F2N4O3S/c20-11-2-1-3-14(16(11)21)29-9-27-7-6-13(26-27)17(28)25-19-24-12-5-4-10(30-18(22)23)8-15(12)31-19/h1-8,18H,9H2,(H,24,25,28). The van der Waals surface area contributed by atoms with Gasteiger partial charge in [0.25, 0.3) is 5.91 Å². The van der Waals surface area contributed by atoms with Gasteiger partial charge in [-0.2, -0.15) is 13.9 Å². The summed E-state index contributed by atoms with van der Waals surface area (Å²) in [6.45, 7) is -2.90. The number of hydrogen-bond donors (Lipinski definition) is 1. The van der Waals surface area contributed by atoms with E-state index in [0.717, 1.165) is 11.3 Å². The van der Waals surface area contributed by atoms with Crippen LogP contribution in [0.5, 0.6) is 11.5 Å². The molecule has 1 amide bonds. The number of nitrogens with one attached hydrogen (secondary N) is 1. The van der Waals surface area contributed by atoms with Gasteiger partial charge in [-0.05, 0) is 36.4 Å². The minimum Gasteiger partial charge on any atom is -0.470 e. The van der Waals surface area contributed by atoms with E-state index < -0.39 is 12.5 Å². The van der Waals surface area contributed by atoms with Gasteiger partial charge in [-0.3, -0.25) is 10.1 Å². The van der Waals surface area contributed by atoms with Gasteiger partial charge in [0.15, 0.2) is 17.6 Å². The summed E-state index contributed by atoms with van der Waals surface area (Å²) in [4.78, 5) is 16.7. The molecule has 0 unspecified atom stereocenters. The molecule has 2 aromatic carbocycles. The van der Waals surface area contributed by atoms with Crippen LogP contribution in [0.3, 0.4) is 0 Å². The lowest BCUT2D eigenvalue weighted by Crippen LogP contribution is -2.14. The first-order chi connectivity index (χ1) is 14.9. The molecule has 0 atom stereocenters. The molecule has 0 spiro atoms. The van der Waals surface area contributed by atoms with Crippen molar-refractivity contribution in [1.29, 1.82) is 0 Å². The fraction of sp³-hybridized carbons (Fsp3) is 0.105. The number of thiazole rings is 1. The number of fused-ring (bicyclic) bond motifs is 1. The van der Waals surface area contributed by atoms with Crippen LogP contribution < -0.4 is 14.8 Å². The Bertz CT molecular complexity index is 1250. The SMILES string of the molecule is O=C(Nc1nc2ccc(OC(F)F)cc2s1)c1ccn(COc2cccc(Cl)c2Cl)n1. The Balaban J connectivity index is 1.41. The molecule has 2 heterocycles. The second-order valence-corrected chi connectivity index (χ2v) is 7.86. The summed E-state index contributed by atoms with van der Waals surface area (Å²) in [6.07, 6.45) is 1.57. The molecule has 0 radical (unpaired) electrons. The molecule has 0 aliphatic heterocycles. The molecule has 0 saturated heterocycles. The molecular weight excluding hydrogens is 473 g/mol. The Kier molecular flexibility index (Phi) is 6.21. The number of hydrogen-bond acceptors (Lipinski definition) is 6. The number of benzene rings is 2. The summed E-state index contributed by atoms with van der Waals surface area (Å²) in [5, 5.41) is 7.73. The number of ether oxygens (including phenoxy) is 2. The first-order valence-electron chi connectivity index (χ1n) is 8.66. The molecule has 0 fully saturated rings. The summed E-state index contributed by atoms with van der Waals surface area (Å²) >= 11 is 13.1. The van der Waals surface area contributed by atoms with Crippen molar-refractivity contribution >= 4 is 55.8 Å². The third kappa shape index (κ3) is 5.04. The van der Waals surface area contributed by atoms with E-state index in [9.17, 15) is 13.6 Å². The Morgan fingerprint density at radius 2 is 2.06 bits per heavy atom. The fourth-order valence-electron chi connectivity index (χ4n) is 2.58. The van der Waals surface area contributed by atoms with Crippen molar-refractivity contribution in [3.63, 3.8) is 0 Å². The van der Waals surface area contributed by atoms with E-state index in [4.69, 9.17) is 27.9 Å². The molecule has 0 aliphatic carbocycles. The summed E-state index contributed by atoms with van der Waals surface area (Å²) in [6, 6.07) is 10.9. The first-order valence-corrected chi connectivity index (χ1v) is 10.2. The lowest BCUT2D eigenvalue weighted by molar-refractivity contribution is -0.0497. The molecule has 0 aliphatic rings. The summed E-state index contributed by atoms with van der Waals surface area (Å²) in [5.74, 6) is -0.0782. The number of nitrogens with zero attached hydrogens (tertiary/aromatic N) is 3. The van der Waals surface area contributed by atoms with Gasteiger partial charge in [0, 0.05) is 6.20 Å². The van der Waals surface area contributed by atoms with Gasteiger partial charge in [-0.15, -0.1) is 0 Å². The van der Waals surface area contributed by atoms with Crippen molar-refractivity contribution < 1.29 is 23.0 Å². The van der Waals surface area contributed by atoms with Crippen LogP contribution in [0.2, 0.25) is 10.0 Å². The van der Waals surface area contributed by atoms with Gasteiger partial charge < -0.3 is 9.47 Å². The molecule has 0 saturated carbocycles. The average Bonchev–Trinajstić information content (AvgIpc) is 3.35. The quantitative estimate of drug-likeness (QED) is 0.364. The molecule has 160 valence electrons. The van der Waals surface area contributed by atoms with E-state index in [-0.39, 0.29) is 23.2 Å². The van der Waals surface area contributed by atoms with E-state index in [2.05, 4.69) is 20.1 Å². The number of carbonyl (C=O) groups is 1. The Morgan fingerprint density at radius 1 is 1.23 bits per heavy atom. The number of rotatable bonds is 7. The maximum absolute atomic E-state index is 12.5. The Labute approximate surface area is 188 Å². The van der Waals surface area contributed by atoms with Crippen LogP contribution in [0.25, 0.3) is 10.2 Å². The third-order valence-corrected chi connectivity index (χ3v) is 5.68. The number of aromatic nitrogens is 3. The first kappa shape index (κ1) is 21.3. The molecule has 1 N–H and O–H groups in total. The summed E-state index contributed by atoms with van der Waals surface area (Å²) in [7, 11) is 0. The Hall–Kier alpha value is -2.95. The second kappa shape index (κ2) is 9.04. The molecule has 2 aromatic heterocycles. The highest BCUT2D eigenvalue weighted by atomic mass is 35.5. The maximum Gasteiger partial charge on any atom is 0.387 e. The van der Waals surface area contributed by atoms with Gasteiger partial charge in [0.2, 0.25) is 0 Å². The largest absolute Gasteiger partial charge is 0.470 e. The predicted molar refractivity (Wildman–Crippen MR) is 114 cm³/mol. The van der Waals surface area contributed by atoms with Crippen LogP contribution in [0.4, 0.5) is 13.9 Å². The van der Waals surface area contributed by atoms with E-state index in [1.54, 1.807) is 24.4 Å². The Morgan fingerprint density at radius 3 is 2.87 bits per heavy atom. The zero-order chi connectivity index (χ0) is 22.0. The van der Waals surface area contributed by atoms with E-state index >= 15 is 0 Å². The van der Waals surface area contributed by atoms with Crippen LogP contribution in [-0.2, 0) is 6.73 Å². The van der Waals surface area contributed by atoms with Crippen molar-refractivity contribution in [3.8, 4) is 11.5 Å². The lowest BCUT2D eigenvalue weighted by Gasteiger charge is -2.08. The van der Waals surface area contributed by atoms with E-state index in [1.165, 1.54) is 28.9 Å². The number of alkyl halides is 2. The van der Waals surface area contributed by atoms with Crippen LogP contribution in [0.1, 0.15) is 10.5 Å². The normalized spacial score (nSPS) is 11.1. The highest BCUT2D eigenvalue weighted by molar-refractivity contribution is 7.22. The molecular formula is C19H12Cl2F2N4O3S. The second-order valence-electron chi connectivity index (χ2n) is 6.05. The zero-order valence-electron chi connectivity index (χ0n) is 15.4. The van der Waals surface area contributed by atoms with Crippen molar-refractivity contribution in [2.45, 2.75) is 13.3 Å². The summed E-state index contributed by atoms with van der Waals surface area (Å²) in [5.41, 5.74) is 0.681. The molecule has 12 heteroatoms. The highest BCUT2D eigenvalue weighted by Gasteiger charge is 2.14. The van der Waals surface area contributed by atoms with E-state index in [0.29, 0.717) is 26.1 Å².